The average Bonchev–Trinajstić information content (AvgIpc) is 3.40. The SMILES string of the molecule is CC(C)C[C@@H]1O[C@H]1[C@@H](C)[C@H]1CC[C@H]2C3=CC[C@H]4[C@H](OS(=O)(=O)[O-])[C@@H](O)[C@H](O)C[C@]4(C)[C@H]3CC[C@]12C. The van der Waals surface area contributed by atoms with Crippen molar-refractivity contribution in [3.05, 3.63) is 11.6 Å². The summed E-state index contributed by atoms with van der Waals surface area (Å²) >= 11 is 0. The number of allylic oxidation sites excluding steroid dienone is 2. The van der Waals surface area contributed by atoms with E-state index in [1.165, 1.54) is 12.0 Å². The molecule has 35 heavy (non-hydrogen) atoms. The van der Waals surface area contributed by atoms with Crippen LogP contribution < -0.4 is 0 Å². The molecule has 0 spiro atoms. The smallest absolute Gasteiger partial charge is 0.218 e. The Labute approximate surface area is 210 Å². The molecule has 4 fully saturated rings. The number of fused-ring (bicyclic) bond motifs is 5. The molecule has 2 N–H and O–H groups in total. The fraction of sp³-hybridized carbons (Fsp3) is 0.926. The Balaban J connectivity index is 1.39. The van der Waals surface area contributed by atoms with Gasteiger partial charge in [-0.3, -0.25) is 4.18 Å². The van der Waals surface area contributed by atoms with E-state index in [2.05, 4.69) is 40.7 Å². The fourth-order valence-corrected chi connectivity index (χ4v) is 9.80. The summed E-state index contributed by atoms with van der Waals surface area (Å²) in [6.07, 6.45) is 5.81. The van der Waals surface area contributed by atoms with E-state index < -0.39 is 34.1 Å². The Morgan fingerprint density at radius 3 is 2.49 bits per heavy atom. The van der Waals surface area contributed by atoms with Crippen molar-refractivity contribution in [2.45, 2.75) is 110 Å². The molecule has 12 atom stereocenters. The molecule has 200 valence electrons. The molecule has 0 amide bonds. The highest BCUT2D eigenvalue weighted by molar-refractivity contribution is 7.80. The Bertz CT molecular complexity index is 963. The van der Waals surface area contributed by atoms with Gasteiger partial charge in [-0.05, 0) is 91.3 Å². The first-order valence-corrected chi connectivity index (χ1v) is 14.9. The summed E-state index contributed by atoms with van der Waals surface area (Å²) in [7, 11) is -5.00. The van der Waals surface area contributed by atoms with Gasteiger partial charge in [-0.2, -0.15) is 0 Å². The van der Waals surface area contributed by atoms with Gasteiger partial charge in [0.2, 0.25) is 10.4 Å². The van der Waals surface area contributed by atoms with E-state index >= 15 is 0 Å². The Morgan fingerprint density at radius 2 is 1.83 bits per heavy atom. The zero-order valence-electron chi connectivity index (χ0n) is 21.7. The topological polar surface area (TPSA) is 119 Å². The molecule has 7 nitrogen and oxygen atoms in total. The summed E-state index contributed by atoms with van der Waals surface area (Å²) in [6, 6.07) is 0. The zero-order chi connectivity index (χ0) is 25.5. The van der Waals surface area contributed by atoms with Crippen molar-refractivity contribution < 1.29 is 32.1 Å². The van der Waals surface area contributed by atoms with Crippen LogP contribution in [0.5, 0.6) is 0 Å². The number of epoxide rings is 1. The molecular formula is C27H43O7S-. The fourth-order valence-electron chi connectivity index (χ4n) is 9.28. The molecule has 0 unspecified atom stereocenters. The van der Waals surface area contributed by atoms with E-state index in [9.17, 15) is 23.2 Å². The van der Waals surface area contributed by atoms with E-state index in [0.29, 0.717) is 48.7 Å². The van der Waals surface area contributed by atoms with Crippen molar-refractivity contribution in [3.8, 4) is 0 Å². The van der Waals surface area contributed by atoms with Crippen LogP contribution in [0.2, 0.25) is 0 Å². The molecule has 0 aromatic carbocycles. The van der Waals surface area contributed by atoms with Gasteiger partial charge in [0.1, 0.15) is 12.2 Å². The summed E-state index contributed by atoms with van der Waals surface area (Å²) in [5.74, 6) is 2.14. The van der Waals surface area contributed by atoms with Crippen molar-refractivity contribution in [3.63, 3.8) is 0 Å². The Hall–Kier alpha value is -0.510. The summed E-state index contributed by atoms with van der Waals surface area (Å²) in [4.78, 5) is 0. The lowest BCUT2D eigenvalue weighted by Gasteiger charge is -2.59. The normalized spacial score (nSPS) is 50.2. The molecule has 0 bridgehead atoms. The second kappa shape index (κ2) is 8.77. The third-order valence-corrected chi connectivity index (χ3v) is 11.4. The number of hydrogen-bond donors (Lipinski definition) is 2. The van der Waals surface area contributed by atoms with Crippen LogP contribution in [0.4, 0.5) is 0 Å². The summed E-state index contributed by atoms with van der Waals surface area (Å²) < 4.78 is 45.4. The number of rotatable bonds is 6. The minimum absolute atomic E-state index is 0.196. The summed E-state index contributed by atoms with van der Waals surface area (Å²) in [5, 5.41) is 21.2. The van der Waals surface area contributed by atoms with Gasteiger partial charge >= 0.3 is 0 Å². The van der Waals surface area contributed by atoms with Gasteiger partial charge < -0.3 is 19.5 Å². The minimum Gasteiger partial charge on any atom is -0.726 e. The number of hydrogen-bond acceptors (Lipinski definition) is 7. The van der Waals surface area contributed by atoms with Gasteiger partial charge in [-0.15, -0.1) is 0 Å². The molecule has 0 aromatic rings. The van der Waals surface area contributed by atoms with Crippen LogP contribution in [0.15, 0.2) is 11.6 Å². The second-order valence-corrected chi connectivity index (χ2v) is 14.3. The number of aliphatic hydroxyl groups is 2. The van der Waals surface area contributed by atoms with E-state index in [0.717, 1.165) is 25.7 Å². The van der Waals surface area contributed by atoms with E-state index in [1.54, 1.807) is 0 Å². The third kappa shape index (κ3) is 4.34. The quantitative estimate of drug-likeness (QED) is 0.241. The van der Waals surface area contributed by atoms with Crippen LogP contribution >= 0.6 is 0 Å². The molecule has 5 rings (SSSR count). The van der Waals surface area contributed by atoms with Crippen molar-refractivity contribution in [2.24, 2.45) is 46.3 Å². The summed E-state index contributed by atoms with van der Waals surface area (Å²) in [5.41, 5.74) is 1.24. The lowest BCUT2D eigenvalue weighted by molar-refractivity contribution is -0.165. The average molecular weight is 512 g/mol. The van der Waals surface area contributed by atoms with E-state index in [-0.39, 0.29) is 17.3 Å². The van der Waals surface area contributed by atoms with Crippen LogP contribution in [-0.2, 0) is 19.3 Å². The van der Waals surface area contributed by atoms with Crippen LogP contribution in [-0.4, -0.2) is 53.7 Å². The molecule has 5 aliphatic rings. The van der Waals surface area contributed by atoms with Crippen LogP contribution in [0.25, 0.3) is 0 Å². The first kappa shape index (κ1) is 26.1. The predicted molar refractivity (Wildman–Crippen MR) is 130 cm³/mol. The first-order valence-electron chi connectivity index (χ1n) is 13.6. The first-order chi connectivity index (χ1) is 16.3. The second-order valence-electron chi connectivity index (χ2n) is 13.2. The standard InChI is InChI=1S/C27H44O7S/c1-14(2)12-22-24(33-22)15(3)17-8-9-18-16-6-7-20-25(34-35(30,31)32)23(29)21(28)13-27(20,5)19(16)10-11-26(17,18)4/h6,14-15,17-25,28-29H,7-13H2,1-5H3,(H,30,31,32)/p-1/t15-,17+,18-,19-,20-,21+,22-,23-,24-,25-,26+,27+/m0/s1. The maximum Gasteiger partial charge on any atom is 0.218 e. The van der Waals surface area contributed by atoms with Gasteiger partial charge in [0.05, 0.1) is 18.3 Å². The highest BCUT2D eigenvalue weighted by Gasteiger charge is 2.62. The molecule has 1 aliphatic heterocycles. The van der Waals surface area contributed by atoms with Gasteiger partial charge in [-0.25, -0.2) is 8.42 Å². The maximum absolute atomic E-state index is 11.5. The van der Waals surface area contributed by atoms with Gasteiger partial charge in [0.25, 0.3) is 0 Å². The maximum atomic E-state index is 11.5. The molecule has 1 heterocycles. The highest BCUT2D eigenvalue weighted by atomic mass is 32.3. The minimum atomic E-state index is -5.00. The van der Waals surface area contributed by atoms with Crippen LogP contribution in [0.3, 0.4) is 0 Å². The number of aliphatic hydroxyl groups excluding tert-OH is 2. The molecule has 8 heteroatoms. The Morgan fingerprint density at radius 1 is 1.14 bits per heavy atom. The van der Waals surface area contributed by atoms with Gasteiger partial charge in [-0.1, -0.05) is 46.3 Å². The number of ether oxygens (including phenoxy) is 1. The molecule has 4 aliphatic carbocycles. The predicted octanol–water partition coefficient (Wildman–Crippen LogP) is 3.80. The van der Waals surface area contributed by atoms with E-state index in [1.807, 2.05) is 0 Å². The van der Waals surface area contributed by atoms with Crippen molar-refractivity contribution in [1.29, 1.82) is 0 Å². The third-order valence-electron chi connectivity index (χ3n) is 10.9. The van der Waals surface area contributed by atoms with E-state index in [4.69, 9.17) is 8.92 Å². The van der Waals surface area contributed by atoms with Crippen molar-refractivity contribution >= 4 is 10.4 Å². The lowest BCUT2D eigenvalue weighted by atomic mass is 9.47. The molecule has 3 saturated carbocycles. The molecule has 0 radical (unpaired) electrons. The molecular weight excluding hydrogens is 468 g/mol. The zero-order valence-corrected chi connectivity index (χ0v) is 22.5. The van der Waals surface area contributed by atoms with Gasteiger partial charge in [0.15, 0.2) is 0 Å². The Kier molecular flexibility index (Phi) is 6.54. The summed E-state index contributed by atoms with van der Waals surface area (Å²) in [6.45, 7) is 11.5. The lowest BCUT2D eigenvalue weighted by Crippen LogP contribution is -2.60. The molecule has 1 saturated heterocycles. The van der Waals surface area contributed by atoms with Crippen molar-refractivity contribution in [1.82, 2.24) is 0 Å². The highest BCUT2D eigenvalue weighted by Crippen LogP contribution is 2.67. The van der Waals surface area contributed by atoms with Gasteiger partial charge in [0, 0.05) is 0 Å². The largest absolute Gasteiger partial charge is 0.726 e. The van der Waals surface area contributed by atoms with Crippen LogP contribution in [0.1, 0.15) is 79.6 Å². The van der Waals surface area contributed by atoms with Crippen LogP contribution in [0, 0.1) is 46.3 Å². The van der Waals surface area contributed by atoms with Crippen molar-refractivity contribution in [2.75, 3.05) is 0 Å². The monoisotopic (exact) mass is 511 g/mol. The molecule has 0 aromatic heterocycles.